The fourth-order valence-corrected chi connectivity index (χ4v) is 5.41. The van der Waals surface area contributed by atoms with Crippen LogP contribution in [0.1, 0.15) is 0 Å². The molecule has 0 atom stereocenters. The molecule has 9 nitrogen and oxygen atoms in total. The standard InChI is InChI=1S/C25H24N2O7S/c1-31-24-14-20-19-4-2-3-5-22(19)34-23(20)15-21(24)26-25(28)16-33-17-6-8-18(9-7-17)35(29,30)27-10-12-32-13-11-27/h2-9,14-15H,10-13,16H2,1H3,(H,26,28). The predicted octanol–water partition coefficient (Wildman–Crippen LogP) is 3.63. The van der Waals surface area contributed by atoms with Crippen LogP contribution in [0.25, 0.3) is 21.9 Å². The van der Waals surface area contributed by atoms with E-state index in [0.717, 1.165) is 16.4 Å². The number of fused-ring (bicyclic) bond motifs is 3. The molecule has 1 aliphatic heterocycles. The lowest BCUT2D eigenvalue weighted by Gasteiger charge is -2.26. The van der Waals surface area contributed by atoms with Gasteiger partial charge in [0, 0.05) is 29.9 Å². The molecule has 1 fully saturated rings. The SMILES string of the molecule is COc1cc2c(cc1NC(=O)COc1ccc(S(=O)(=O)N3CCOCC3)cc1)oc1ccccc12. The summed E-state index contributed by atoms with van der Waals surface area (Å²) in [6.45, 7) is 1.14. The van der Waals surface area contributed by atoms with Gasteiger partial charge in [0.15, 0.2) is 6.61 Å². The minimum atomic E-state index is -3.59. The molecule has 3 aromatic carbocycles. The molecule has 10 heteroatoms. The highest BCUT2D eigenvalue weighted by Gasteiger charge is 2.26. The molecule has 4 aromatic rings. The summed E-state index contributed by atoms with van der Waals surface area (Å²) >= 11 is 0. The van der Waals surface area contributed by atoms with Crippen LogP contribution in [-0.4, -0.2) is 58.7 Å². The van der Waals surface area contributed by atoms with Gasteiger partial charge >= 0.3 is 0 Å². The summed E-state index contributed by atoms with van der Waals surface area (Å²) in [6, 6.07) is 17.2. The number of morpholine rings is 1. The van der Waals surface area contributed by atoms with Crippen molar-refractivity contribution in [1.29, 1.82) is 0 Å². The lowest BCUT2D eigenvalue weighted by molar-refractivity contribution is -0.118. The van der Waals surface area contributed by atoms with Gasteiger partial charge in [-0.1, -0.05) is 18.2 Å². The highest BCUT2D eigenvalue weighted by atomic mass is 32.2. The number of para-hydroxylation sites is 1. The minimum absolute atomic E-state index is 0.167. The number of carbonyl (C=O) groups is 1. The number of benzene rings is 3. The second-order valence-corrected chi connectivity index (χ2v) is 9.91. The van der Waals surface area contributed by atoms with Crippen molar-refractivity contribution in [2.75, 3.05) is 45.3 Å². The van der Waals surface area contributed by atoms with E-state index in [1.165, 1.54) is 35.7 Å². The van der Waals surface area contributed by atoms with Crippen LogP contribution >= 0.6 is 0 Å². The molecular weight excluding hydrogens is 472 g/mol. The second-order valence-electron chi connectivity index (χ2n) is 7.97. The van der Waals surface area contributed by atoms with Crippen LogP contribution in [-0.2, 0) is 19.6 Å². The van der Waals surface area contributed by atoms with Crippen LogP contribution < -0.4 is 14.8 Å². The summed E-state index contributed by atoms with van der Waals surface area (Å²) in [5.41, 5.74) is 1.83. The summed E-state index contributed by atoms with van der Waals surface area (Å²) in [4.78, 5) is 12.7. The first kappa shape index (κ1) is 23.2. The summed E-state index contributed by atoms with van der Waals surface area (Å²) in [7, 11) is -2.06. The number of carbonyl (C=O) groups excluding carboxylic acids is 1. The van der Waals surface area contributed by atoms with Gasteiger partial charge in [-0.15, -0.1) is 0 Å². The number of hydrogen-bond donors (Lipinski definition) is 1. The number of methoxy groups -OCH3 is 1. The number of hydrogen-bond acceptors (Lipinski definition) is 7. The molecule has 0 unspecified atom stereocenters. The molecule has 1 saturated heterocycles. The van der Waals surface area contributed by atoms with Gasteiger partial charge in [-0.3, -0.25) is 4.79 Å². The number of amides is 1. The van der Waals surface area contributed by atoms with Crippen molar-refractivity contribution in [1.82, 2.24) is 4.31 Å². The Morgan fingerprint density at radius 1 is 1.00 bits per heavy atom. The molecule has 35 heavy (non-hydrogen) atoms. The Kier molecular flexibility index (Phi) is 6.33. The van der Waals surface area contributed by atoms with Crippen molar-refractivity contribution in [2.45, 2.75) is 4.90 Å². The summed E-state index contributed by atoms with van der Waals surface area (Å²) in [5.74, 6) is 0.472. The van der Waals surface area contributed by atoms with E-state index in [1.54, 1.807) is 6.07 Å². The van der Waals surface area contributed by atoms with Crippen molar-refractivity contribution < 1.29 is 31.8 Å². The van der Waals surface area contributed by atoms with Gasteiger partial charge in [0.05, 0.1) is 30.9 Å². The first-order valence-corrected chi connectivity index (χ1v) is 12.5. The number of sulfonamides is 1. The van der Waals surface area contributed by atoms with E-state index < -0.39 is 15.9 Å². The monoisotopic (exact) mass is 496 g/mol. The maximum Gasteiger partial charge on any atom is 0.262 e. The Hall–Kier alpha value is -3.60. The molecule has 1 aliphatic rings. The van der Waals surface area contributed by atoms with Crippen molar-refractivity contribution >= 4 is 43.6 Å². The first-order chi connectivity index (χ1) is 17.0. The van der Waals surface area contributed by atoms with E-state index in [2.05, 4.69) is 5.32 Å². The highest BCUT2D eigenvalue weighted by Crippen LogP contribution is 2.36. The largest absolute Gasteiger partial charge is 0.495 e. The number of furan rings is 1. The third-order valence-electron chi connectivity index (χ3n) is 5.77. The predicted molar refractivity (Wildman–Crippen MR) is 130 cm³/mol. The Morgan fingerprint density at radius 3 is 2.49 bits per heavy atom. The molecule has 1 amide bonds. The Bertz CT molecular complexity index is 1470. The number of rotatable bonds is 7. The zero-order chi connectivity index (χ0) is 24.4. The smallest absolute Gasteiger partial charge is 0.262 e. The molecule has 5 rings (SSSR count). The first-order valence-electron chi connectivity index (χ1n) is 11.1. The zero-order valence-electron chi connectivity index (χ0n) is 19.0. The van der Waals surface area contributed by atoms with Gasteiger partial charge < -0.3 is 23.9 Å². The fraction of sp³-hybridized carbons (Fsp3) is 0.240. The normalized spacial score (nSPS) is 14.8. The van der Waals surface area contributed by atoms with Gasteiger partial charge in [-0.25, -0.2) is 8.42 Å². The molecule has 0 bridgehead atoms. The van der Waals surface area contributed by atoms with Gasteiger partial charge in [0.1, 0.15) is 22.7 Å². The molecule has 0 saturated carbocycles. The van der Waals surface area contributed by atoms with Gasteiger partial charge in [-0.2, -0.15) is 4.31 Å². The zero-order valence-corrected chi connectivity index (χ0v) is 19.8. The molecule has 1 aromatic heterocycles. The quantitative estimate of drug-likeness (QED) is 0.416. The lowest BCUT2D eigenvalue weighted by atomic mass is 10.1. The van der Waals surface area contributed by atoms with Crippen LogP contribution in [0.2, 0.25) is 0 Å². The average molecular weight is 497 g/mol. The molecule has 0 spiro atoms. The van der Waals surface area contributed by atoms with Gasteiger partial charge in [-0.05, 0) is 36.4 Å². The molecule has 2 heterocycles. The molecule has 0 radical (unpaired) electrons. The number of nitrogens with one attached hydrogen (secondary N) is 1. The maximum absolute atomic E-state index is 12.7. The summed E-state index contributed by atoms with van der Waals surface area (Å²) < 4.78 is 49.0. The third kappa shape index (κ3) is 4.68. The molecule has 0 aliphatic carbocycles. The Morgan fingerprint density at radius 2 is 1.74 bits per heavy atom. The van der Waals surface area contributed by atoms with Gasteiger partial charge in [0.25, 0.3) is 5.91 Å². The van der Waals surface area contributed by atoms with Crippen molar-refractivity contribution in [3.8, 4) is 11.5 Å². The van der Waals surface area contributed by atoms with E-state index >= 15 is 0 Å². The van der Waals surface area contributed by atoms with E-state index in [0.29, 0.717) is 49.1 Å². The van der Waals surface area contributed by atoms with Crippen LogP contribution in [0, 0.1) is 0 Å². The van der Waals surface area contributed by atoms with E-state index in [-0.39, 0.29) is 11.5 Å². The van der Waals surface area contributed by atoms with E-state index in [4.69, 9.17) is 18.6 Å². The summed E-state index contributed by atoms with van der Waals surface area (Å²) in [5, 5.41) is 4.63. The number of anilines is 1. The summed E-state index contributed by atoms with van der Waals surface area (Å²) in [6.07, 6.45) is 0. The van der Waals surface area contributed by atoms with Crippen molar-refractivity contribution in [3.05, 3.63) is 60.7 Å². The molecule has 1 N–H and O–H groups in total. The van der Waals surface area contributed by atoms with Crippen molar-refractivity contribution in [2.24, 2.45) is 0 Å². The van der Waals surface area contributed by atoms with Crippen LogP contribution in [0.15, 0.2) is 70.0 Å². The van der Waals surface area contributed by atoms with E-state index in [9.17, 15) is 13.2 Å². The van der Waals surface area contributed by atoms with Crippen LogP contribution in [0.5, 0.6) is 11.5 Å². The molecule has 182 valence electrons. The van der Waals surface area contributed by atoms with Crippen LogP contribution in [0.3, 0.4) is 0 Å². The van der Waals surface area contributed by atoms with Crippen LogP contribution in [0.4, 0.5) is 5.69 Å². The Labute approximate surface area is 202 Å². The third-order valence-corrected chi connectivity index (χ3v) is 7.69. The minimum Gasteiger partial charge on any atom is -0.495 e. The van der Waals surface area contributed by atoms with E-state index in [1.807, 2.05) is 30.3 Å². The fourth-order valence-electron chi connectivity index (χ4n) is 4.00. The van der Waals surface area contributed by atoms with Crippen molar-refractivity contribution in [3.63, 3.8) is 0 Å². The molecular formula is C25H24N2O7S. The Balaban J connectivity index is 1.25. The van der Waals surface area contributed by atoms with Gasteiger partial charge in [0.2, 0.25) is 10.0 Å². The average Bonchev–Trinajstić information content (AvgIpc) is 3.25. The topological polar surface area (TPSA) is 107 Å². The lowest BCUT2D eigenvalue weighted by Crippen LogP contribution is -2.40. The second kappa shape index (κ2) is 9.57. The highest BCUT2D eigenvalue weighted by molar-refractivity contribution is 7.89. The number of nitrogens with zero attached hydrogens (tertiary/aromatic N) is 1. The number of ether oxygens (including phenoxy) is 3. The maximum atomic E-state index is 12.7.